The molecule has 3 heterocycles. The Morgan fingerprint density at radius 2 is 1.83 bits per heavy atom. The fourth-order valence-electron chi connectivity index (χ4n) is 2.89. The van der Waals surface area contributed by atoms with Gasteiger partial charge < -0.3 is 4.42 Å². The van der Waals surface area contributed by atoms with Gasteiger partial charge in [-0.2, -0.15) is 0 Å². The monoisotopic (exact) mass is 432 g/mol. The molecule has 9 nitrogen and oxygen atoms in total. The molecule has 0 atom stereocenters. The number of thioether (sulfide) groups is 1. The lowest BCUT2D eigenvalue weighted by molar-refractivity contribution is 0.378. The van der Waals surface area contributed by atoms with Gasteiger partial charge in [0.2, 0.25) is 11.8 Å². The van der Waals surface area contributed by atoms with Gasteiger partial charge in [0.15, 0.2) is 5.65 Å². The average molecular weight is 433 g/mol. The highest BCUT2D eigenvalue weighted by Gasteiger charge is 2.23. The molecule has 0 aliphatic carbocycles. The van der Waals surface area contributed by atoms with Gasteiger partial charge in [0.05, 0.1) is 5.75 Å². The molecular weight excluding hydrogens is 404 g/mol. The fourth-order valence-corrected chi connectivity index (χ4v) is 3.74. The van der Waals surface area contributed by atoms with E-state index < -0.39 is 5.56 Å². The summed E-state index contributed by atoms with van der Waals surface area (Å²) in [6.07, 6.45) is 0.744. The Kier molecular flexibility index (Phi) is 6.16. The molecule has 0 saturated carbocycles. The quantitative estimate of drug-likeness (QED) is 0.432. The highest BCUT2D eigenvalue weighted by molar-refractivity contribution is 7.98. The Morgan fingerprint density at radius 1 is 1.13 bits per heavy atom. The van der Waals surface area contributed by atoms with Gasteiger partial charge in [-0.15, -0.1) is 10.2 Å². The van der Waals surface area contributed by atoms with E-state index in [1.165, 1.54) is 18.8 Å². The third-order valence-corrected chi connectivity index (χ3v) is 5.53. The van der Waals surface area contributed by atoms with Crippen LogP contribution in [0.1, 0.15) is 71.5 Å². The van der Waals surface area contributed by atoms with Gasteiger partial charge in [-0.3, -0.25) is 13.9 Å². The highest BCUT2D eigenvalue weighted by Crippen LogP contribution is 2.28. The molecule has 0 aromatic carbocycles. The zero-order chi connectivity index (χ0) is 22.2. The summed E-state index contributed by atoms with van der Waals surface area (Å²) in [7, 11) is 1.48. The zero-order valence-electron chi connectivity index (χ0n) is 18.5. The highest BCUT2D eigenvalue weighted by atomic mass is 32.2. The Labute approximate surface area is 178 Å². The summed E-state index contributed by atoms with van der Waals surface area (Å²) < 4.78 is 8.44. The molecule has 0 unspecified atom stereocenters. The first-order chi connectivity index (χ1) is 14.0. The molecule has 10 heteroatoms. The van der Waals surface area contributed by atoms with Crippen molar-refractivity contribution in [1.29, 1.82) is 0 Å². The van der Waals surface area contributed by atoms with Crippen molar-refractivity contribution in [2.24, 2.45) is 7.05 Å². The zero-order valence-corrected chi connectivity index (χ0v) is 19.3. The maximum Gasteiger partial charge on any atom is 0.332 e. The second kappa shape index (κ2) is 8.33. The number of rotatable bonds is 6. The largest absolute Gasteiger partial charge is 0.424 e. The van der Waals surface area contributed by atoms with Crippen LogP contribution in [0.15, 0.2) is 19.0 Å². The molecule has 162 valence electrons. The second-order valence-electron chi connectivity index (χ2n) is 8.58. The van der Waals surface area contributed by atoms with E-state index in [4.69, 9.17) is 4.42 Å². The van der Waals surface area contributed by atoms with E-state index in [1.54, 1.807) is 4.57 Å². The van der Waals surface area contributed by atoms with Crippen LogP contribution in [0.4, 0.5) is 0 Å². The summed E-state index contributed by atoms with van der Waals surface area (Å²) in [6.45, 7) is 12.4. The number of nitrogens with zero attached hydrogens (tertiary/aromatic N) is 6. The summed E-state index contributed by atoms with van der Waals surface area (Å²) in [6, 6.07) is 0. The molecular formula is C20H28N6O3S. The van der Waals surface area contributed by atoms with E-state index >= 15 is 0 Å². The van der Waals surface area contributed by atoms with E-state index in [2.05, 4.69) is 20.2 Å². The lowest BCUT2D eigenvalue weighted by atomic mass is 9.97. The van der Waals surface area contributed by atoms with Crippen LogP contribution in [0.25, 0.3) is 11.0 Å². The molecule has 0 spiro atoms. The van der Waals surface area contributed by atoms with Gasteiger partial charge in [-0.25, -0.2) is 14.8 Å². The van der Waals surface area contributed by atoms with Gasteiger partial charge in [0.1, 0.15) is 16.2 Å². The van der Waals surface area contributed by atoms with Crippen LogP contribution in [0.3, 0.4) is 0 Å². The lowest BCUT2D eigenvalue weighted by Crippen LogP contribution is -2.39. The minimum Gasteiger partial charge on any atom is -0.424 e. The molecule has 0 aliphatic rings. The summed E-state index contributed by atoms with van der Waals surface area (Å²) in [5.74, 6) is 2.01. The number of hydrogen-bond acceptors (Lipinski definition) is 8. The van der Waals surface area contributed by atoms with Gasteiger partial charge in [0.25, 0.3) is 5.56 Å². The first kappa shape index (κ1) is 22.2. The van der Waals surface area contributed by atoms with Crippen LogP contribution in [-0.2, 0) is 24.8 Å². The van der Waals surface area contributed by atoms with Crippen molar-refractivity contribution in [1.82, 2.24) is 29.3 Å². The minimum atomic E-state index is -0.402. The maximum atomic E-state index is 13.0. The predicted octanol–water partition coefficient (Wildman–Crippen LogP) is 3.00. The minimum absolute atomic E-state index is 0.0406. The fraction of sp³-hybridized carbons (Fsp3) is 0.600. The molecule has 0 radical (unpaired) electrons. The van der Waals surface area contributed by atoms with Gasteiger partial charge >= 0.3 is 5.69 Å². The molecule has 0 amide bonds. The van der Waals surface area contributed by atoms with Crippen molar-refractivity contribution in [3.63, 3.8) is 0 Å². The van der Waals surface area contributed by atoms with Crippen molar-refractivity contribution in [3.05, 3.63) is 38.4 Å². The van der Waals surface area contributed by atoms with Crippen molar-refractivity contribution >= 4 is 22.8 Å². The van der Waals surface area contributed by atoms with Crippen LogP contribution >= 0.6 is 11.8 Å². The first-order valence-corrected chi connectivity index (χ1v) is 11.0. The summed E-state index contributed by atoms with van der Waals surface area (Å²) in [5, 5.41) is 9.09. The van der Waals surface area contributed by atoms with Crippen molar-refractivity contribution in [2.45, 2.75) is 76.6 Å². The van der Waals surface area contributed by atoms with Crippen LogP contribution in [-0.4, -0.2) is 29.3 Å². The Hall–Kier alpha value is -2.49. The molecule has 3 aromatic heterocycles. The third-order valence-electron chi connectivity index (χ3n) is 4.57. The van der Waals surface area contributed by atoms with Crippen LogP contribution in [0.5, 0.6) is 0 Å². The Morgan fingerprint density at radius 3 is 2.40 bits per heavy atom. The number of hydrogen-bond donors (Lipinski definition) is 0. The van der Waals surface area contributed by atoms with Crippen LogP contribution in [0.2, 0.25) is 0 Å². The van der Waals surface area contributed by atoms with E-state index in [0.717, 1.165) is 11.0 Å². The summed E-state index contributed by atoms with van der Waals surface area (Å²) >= 11 is 1.34. The molecule has 0 aliphatic heterocycles. The SMILES string of the molecule is CCCn1c(=O)n(C)c(=O)c2c(SCc3nnc(C(C)(C)C)o3)nc(C(C)C)nc21. The van der Waals surface area contributed by atoms with Gasteiger partial charge in [0, 0.05) is 24.9 Å². The Bertz CT molecular complexity index is 1190. The van der Waals surface area contributed by atoms with Crippen LogP contribution < -0.4 is 11.2 Å². The van der Waals surface area contributed by atoms with E-state index in [1.807, 2.05) is 41.5 Å². The normalized spacial score (nSPS) is 12.3. The molecule has 0 N–H and O–H groups in total. The van der Waals surface area contributed by atoms with Crippen molar-refractivity contribution in [2.75, 3.05) is 0 Å². The van der Waals surface area contributed by atoms with Gasteiger partial charge in [-0.1, -0.05) is 53.3 Å². The predicted molar refractivity (Wildman–Crippen MR) is 116 cm³/mol. The Balaban J connectivity index is 2.14. The summed E-state index contributed by atoms with van der Waals surface area (Å²) in [5.41, 5.74) is -0.632. The van der Waals surface area contributed by atoms with Gasteiger partial charge in [-0.05, 0) is 6.42 Å². The van der Waals surface area contributed by atoms with Crippen molar-refractivity contribution in [3.8, 4) is 0 Å². The van der Waals surface area contributed by atoms with E-state index in [0.29, 0.717) is 46.0 Å². The van der Waals surface area contributed by atoms with Crippen molar-refractivity contribution < 1.29 is 4.42 Å². The summed E-state index contributed by atoms with van der Waals surface area (Å²) in [4.78, 5) is 34.9. The number of fused-ring (bicyclic) bond motifs is 1. The smallest absolute Gasteiger partial charge is 0.332 e. The third kappa shape index (κ3) is 4.19. The lowest BCUT2D eigenvalue weighted by Gasteiger charge is -2.14. The second-order valence-corrected chi connectivity index (χ2v) is 9.54. The molecule has 30 heavy (non-hydrogen) atoms. The average Bonchev–Trinajstić information content (AvgIpc) is 3.16. The molecule has 3 aromatic rings. The first-order valence-electron chi connectivity index (χ1n) is 10.0. The number of aromatic nitrogens is 6. The standard InChI is InChI=1S/C20H28N6O3S/c1-8-9-26-15-13(17(27)25(7)19(26)28)16(22-14(21-15)11(2)3)30-10-12-23-24-18(29-12)20(4,5)6/h11H,8-10H2,1-7H3. The molecule has 0 bridgehead atoms. The molecule has 0 fully saturated rings. The molecule has 0 saturated heterocycles. The van der Waals surface area contributed by atoms with E-state index in [9.17, 15) is 9.59 Å². The van der Waals surface area contributed by atoms with E-state index in [-0.39, 0.29) is 17.0 Å². The van der Waals surface area contributed by atoms with Crippen LogP contribution in [0, 0.1) is 0 Å². The molecule has 3 rings (SSSR count). The number of aryl methyl sites for hydroxylation is 1. The maximum absolute atomic E-state index is 13.0. The topological polar surface area (TPSA) is 109 Å².